The Morgan fingerprint density at radius 3 is 2.57 bits per heavy atom. The zero-order valence-corrected chi connectivity index (χ0v) is 16.1. The molecule has 2 aromatic rings. The van der Waals surface area contributed by atoms with E-state index in [1.165, 1.54) is 25.7 Å². The van der Waals surface area contributed by atoms with Crippen molar-refractivity contribution in [2.45, 2.75) is 38.5 Å². The number of amides is 2. The number of carbonyl (C=O) groups excluding carboxylic acids is 2. The summed E-state index contributed by atoms with van der Waals surface area (Å²) < 4.78 is 0. The van der Waals surface area contributed by atoms with Crippen LogP contribution in [-0.4, -0.2) is 63.0 Å². The number of H-pyrrole nitrogens is 1. The van der Waals surface area contributed by atoms with Gasteiger partial charge in [-0.2, -0.15) is 5.10 Å². The SMILES string of the molecule is O=C(CCC1CCCC1)N1CCN(C(=O)c2cc(-c3cccnc3)n[nH]2)CC1. The van der Waals surface area contributed by atoms with Crippen molar-refractivity contribution in [3.8, 4) is 11.3 Å². The fourth-order valence-corrected chi connectivity index (χ4v) is 4.21. The molecule has 7 nitrogen and oxygen atoms in total. The highest BCUT2D eigenvalue weighted by Gasteiger charge is 2.26. The summed E-state index contributed by atoms with van der Waals surface area (Å²) in [6.45, 7) is 2.35. The molecule has 3 heterocycles. The van der Waals surface area contributed by atoms with Gasteiger partial charge in [-0.15, -0.1) is 0 Å². The maximum atomic E-state index is 12.8. The smallest absolute Gasteiger partial charge is 0.272 e. The number of hydrogen-bond donors (Lipinski definition) is 1. The summed E-state index contributed by atoms with van der Waals surface area (Å²) in [5.41, 5.74) is 2.05. The van der Waals surface area contributed by atoms with Crippen LogP contribution in [0.3, 0.4) is 0 Å². The van der Waals surface area contributed by atoms with E-state index in [2.05, 4.69) is 15.2 Å². The summed E-state index contributed by atoms with van der Waals surface area (Å²) in [5.74, 6) is 0.904. The highest BCUT2D eigenvalue weighted by molar-refractivity contribution is 5.93. The summed E-state index contributed by atoms with van der Waals surface area (Å²) in [6.07, 6.45) is 10.3. The van der Waals surface area contributed by atoms with Gasteiger partial charge in [0.25, 0.3) is 5.91 Å². The van der Waals surface area contributed by atoms with Gasteiger partial charge in [0.2, 0.25) is 5.91 Å². The first-order valence-corrected chi connectivity index (χ1v) is 10.2. The second-order valence-electron chi connectivity index (χ2n) is 7.77. The molecule has 1 saturated carbocycles. The molecule has 28 heavy (non-hydrogen) atoms. The molecule has 7 heteroatoms. The van der Waals surface area contributed by atoms with Crippen LogP contribution in [0.25, 0.3) is 11.3 Å². The Balaban J connectivity index is 1.28. The Kier molecular flexibility index (Phi) is 5.69. The molecule has 0 radical (unpaired) electrons. The second-order valence-corrected chi connectivity index (χ2v) is 7.77. The zero-order valence-electron chi connectivity index (χ0n) is 16.1. The van der Waals surface area contributed by atoms with Crippen molar-refractivity contribution in [1.82, 2.24) is 25.0 Å². The van der Waals surface area contributed by atoms with Gasteiger partial charge in [0.1, 0.15) is 5.69 Å². The lowest BCUT2D eigenvalue weighted by Crippen LogP contribution is -2.50. The average molecular weight is 381 g/mol. The lowest BCUT2D eigenvalue weighted by atomic mass is 10.0. The molecule has 1 aliphatic heterocycles. The number of rotatable bonds is 5. The van der Waals surface area contributed by atoms with E-state index in [0.717, 1.165) is 17.9 Å². The van der Waals surface area contributed by atoms with Crippen LogP contribution in [0.2, 0.25) is 0 Å². The molecule has 0 bridgehead atoms. The summed E-state index contributed by atoms with van der Waals surface area (Å²) in [5, 5.41) is 7.07. The quantitative estimate of drug-likeness (QED) is 0.863. The number of aromatic amines is 1. The van der Waals surface area contributed by atoms with Crippen molar-refractivity contribution >= 4 is 11.8 Å². The molecule has 1 N–H and O–H groups in total. The maximum Gasteiger partial charge on any atom is 0.272 e. The second kappa shape index (κ2) is 8.54. The standard InChI is InChI=1S/C21H27N5O2/c27-20(8-7-16-4-1-2-5-16)25-10-12-26(13-11-25)21(28)19-14-18(23-24-19)17-6-3-9-22-15-17/h3,6,9,14-16H,1-2,4-5,7-8,10-13H2,(H,23,24). The first kappa shape index (κ1) is 18.7. The predicted molar refractivity (Wildman–Crippen MR) is 105 cm³/mol. The third-order valence-corrected chi connectivity index (χ3v) is 5.93. The average Bonchev–Trinajstić information content (AvgIpc) is 3.44. The van der Waals surface area contributed by atoms with Crippen LogP contribution in [0.4, 0.5) is 0 Å². The Hall–Kier alpha value is -2.70. The number of carbonyl (C=O) groups is 2. The summed E-state index contributed by atoms with van der Waals surface area (Å²) in [4.78, 5) is 33.0. The van der Waals surface area contributed by atoms with E-state index in [-0.39, 0.29) is 11.8 Å². The molecule has 4 rings (SSSR count). The van der Waals surface area contributed by atoms with E-state index >= 15 is 0 Å². The Bertz CT molecular complexity index is 805. The van der Waals surface area contributed by atoms with Crippen molar-refractivity contribution in [3.05, 3.63) is 36.3 Å². The van der Waals surface area contributed by atoms with Gasteiger partial charge in [-0.25, -0.2) is 0 Å². The van der Waals surface area contributed by atoms with Gasteiger partial charge in [0, 0.05) is 50.6 Å². The summed E-state index contributed by atoms with van der Waals surface area (Å²) in [6, 6.07) is 5.51. The van der Waals surface area contributed by atoms with Crippen LogP contribution in [0, 0.1) is 5.92 Å². The highest BCUT2D eigenvalue weighted by Crippen LogP contribution is 2.28. The fourth-order valence-electron chi connectivity index (χ4n) is 4.21. The number of hydrogen-bond acceptors (Lipinski definition) is 4. The monoisotopic (exact) mass is 381 g/mol. The molecule has 148 valence electrons. The van der Waals surface area contributed by atoms with Gasteiger partial charge in [0.05, 0.1) is 5.69 Å². The van der Waals surface area contributed by atoms with Crippen LogP contribution in [-0.2, 0) is 4.79 Å². The van der Waals surface area contributed by atoms with Crippen molar-refractivity contribution in [2.75, 3.05) is 26.2 Å². The third kappa shape index (κ3) is 4.24. The number of piperazine rings is 1. The molecule has 2 fully saturated rings. The Morgan fingerprint density at radius 1 is 1.11 bits per heavy atom. The number of pyridine rings is 1. The van der Waals surface area contributed by atoms with Crippen molar-refractivity contribution in [2.24, 2.45) is 5.92 Å². The fraction of sp³-hybridized carbons (Fsp3) is 0.524. The van der Waals surface area contributed by atoms with Crippen molar-refractivity contribution in [3.63, 3.8) is 0 Å². The molecule has 0 spiro atoms. The molecule has 1 aliphatic carbocycles. The number of nitrogens with zero attached hydrogens (tertiary/aromatic N) is 4. The highest BCUT2D eigenvalue weighted by atomic mass is 16.2. The maximum absolute atomic E-state index is 12.8. The largest absolute Gasteiger partial charge is 0.339 e. The molecule has 0 atom stereocenters. The van der Waals surface area contributed by atoms with Gasteiger partial charge in [0.15, 0.2) is 0 Å². The summed E-state index contributed by atoms with van der Waals surface area (Å²) in [7, 11) is 0. The van der Waals surface area contributed by atoms with Gasteiger partial charge in [-0.05, 0) is 30.5 Å². The lowest BCUT2D eigenvalue weighted by molar-refractivity contribution is -0.133. The third-order valence-electron chi connectivity index (χ3n) is 5.93. The molecule has 1 saturated heterocycles. The molecule has 0 aromatic carbocycles. The molecule has 2 aliphatic rings. The first-order valence-electron chi connectivity index (χ1n) is 10.2. The van der Waals surface area contributed by atoms with Crippen LogP contribution in [0.15, 0.2) is 30.6 Å². The van der Waals surface area contributed by atoms with E-state index in [4.69, 9.17) is 0 Å². The molecule has 2 amide bonds. The Labute approximate surface area is 165 Å². The minimum absolute atomic E-state index is 0.0688. The lowest BCUT2D eigenvalue weighted by Gasteiger charge is -2.34. The van der Waals surface area contributed by atoms with E-state index in [1.807, 2.05) is 17.0 Å². The van der Waals surface area contributed by atoms with Crippen LogP contribution >= 0.6 is 0 Å². The molecule has 2 aromatic heterocycles. The zero-order chi connectivity index (χ0) is 19.3. The van der Waals surface area contributed by atoms with Crippen molar-refractivity contribution < 1.29 is 9.59 Å². The van der Waals surface area contributed by atoms with Gasteiger partial charge in [-0.3, -0.25) is 19.7 Å². The van der Waals surface area contributed by atoms with Crippen LogP contribution in [0.1, 0.15) is 49.0 Å². The van der Waals surface area contributed by atoms with Crippen LogP contribution < -0.4 is 0 Å². The van der Waals surface area contributed by atoms with Crippen molar-refractivity contribution in [1.29, 1.82) is 0 Å². The van der Waals surface area contributed by atoms with E-state index in [0.29, 0.717) is 44.0 Å². The number of aromatic nitrogens is 3. The predicted octanol–water partition coefficient (Wildman–Crippen LogP) is 2.73. The minimum atomic E-state index is -0.0688. The normalized spacial score (nSPS) is 17.9. The number of nitrogens with one attached hydrogen (secondary N) is 1. The topological polar surface area (TPSA) is 82.2 Å². The van der Waals surface area contributed by atoms with Gasteiger partial charge < -0.3 is 9.80 Å². The van der Waals surface area contributed by atoms with Crippen LogP contribution in [0.5, 0.6) is 0 Å². The molecule has 0 unspecified atom stereocenters. The molecular weight excluding hydrogens is 354 g/mol. The van der Waals surface area contributed by atoms with Gasteiger partial charge in [-0.1, -0.05) is 25.7 Å². The molecular formula is C21H27N5O2. The summed E-state index contributed by atoms with van der Waals surface area (Å²) >= 11 is 0. The van der Waals surface area contributed by atoms with E-state index in [1.54, 1.807) is 23.4 Å². The van der Waals surface area contributed by atoms with E-state index < -0.39 is 0 Å². The van der Waals surface area contributed by atoms with E-state index in [9.17, 15) is 9.59 Å². The Morgan fingerprint density at radius 2 is 1.86 bits per heavy atom. The van der Waals surface area contributed by atoms with Gasteiger partial charge >= 0.3 is 0 Å². The minimum Gasteiger partial charge on any atom is -0.339 e. The first-order chi connectivity index (χ1) is 13.7.